The van der Waals surface area contributed by atoms with Gasteiger partial charge in [-0.1, -0.05) is 5.92 Å². The van der Waals surface area contributed by atoms with Gasteiger partial charge in [-0.3, -0.25) is 0 Å². The number of hydrogen-bond donors (Lipinski definition) is 2. The van der Waals surface area contributed by atoms with Crippen molar-refractivity contribution in [2.24, 2.45) is 0 Å². The zero-order valence-electron chi connectivity index (χ0n) is 8.62. The third kappa shape index (κ3) is 2.51. The van der Waals surface area contributed by atoms with Crippen molar-refractivity contribution < 1.29 is 12.8 Å². The molecule has 1 aromatic carbocycles. The van der Waals surface area contributed by atoms with E-state index in [0.717, 1.165) is 12.1 Å². The Balaban J connectivity index is 3.24. The number of halogens is 1. The molecule has 0 amide bonds. The first-order chi connectivity index (χ1) is 7.38. The van der Waals surface area contributed by atoms with Crippen LogP contribution < -0.4 is 10.5 Å². The number of nitrogens with one attached hydrogen (secondary N) is 1. The van der Waals surface area contributed by atoms with Crippen molar-refractivity contribution in [1.29, 1.82) is 0 Å². The largest absolute Gasteiger partial charge is 0.396 e. The smallest absolute Gasteiger partial charge is 0.241 e. The number of nitrogens with two attached hydrogens (primary N) is 1. The molecule has 0 aliphatic heterocycles. The van der Waals surface area contributed by atoms with Gasteiger partial charge in [0.05, 0.1) is 17.1 Å². The normalized spacial score (nSPS) is 11.1. The van der Waals surface area contributed by atoms with Gasteiger partial charge in [0, 0.05) is 0 Å². The summed E-state index contributed by atoms with van der Waals surface area (Å²) in [6.45, 7) is 1.35. The molecule has 1 rings (SSSR count). The van der Waals surface area contributed by atoms with Crippen molar-refractivity contribution in [1.82, 2.24) is 4.72 Å². The highest BCUT2D eigenvalue weighted by atomic mass is 32.2. The maximum atomic E-state index is 13.0. The number of nitrogen functional groups attached to an aromatic ring is 1. The van der Waals surface area contributed by atoms with E-state index in [4.69, 9.17) is 12.2 Å². The van der Waals surface area contributed by atoms with Crippen LogP contribution in [0.5, 0.6) is 0 Å². The van der Waals surface area contributed by atoms with E-state index < -0.39 is 15.8 Å². The Morgan fingerprint density at radius 2 is 2.19 bits per heavy atom. The second-order valence-corrected chi connectivity index (χ2v) is 4.90. The van der Waals surface area contributed by atoms with Gasteiger partial charge in [-0.25, -0.2) is 12.8 Å². The van der Waals surface area contributed by atoms with Gasteiger partial charge in [-0.05, 0) is 24.6 Å². The number of hydrogen-bond acceptors (Lipinski definition) is 3. The third-order valence-electron chi connectivity index (χ3n) is 1.95. The minimum Gasteiger partial charge on any atom is -0.396 e. The minimum atomic E-state index is -3.73. The molecule has 0 fully saturated rings. The molecule has 0 aromatic heterocycles. The Morgan fingerprint density at radius 1 is 1.56 bits per heavy atom. The molecule has 0 aliphatic rings. The maximum absolute atomic E-state index is 13.0. The van der Waals surface area contributed by atoms with Crippen LogP contribution in [0, 0.1) is 25.1 Å². The Morgan fingerprint density at radius 3 is 2.75 bits per heavy atom. The van der Waals surface area contributed by atoms with E-state index in [1.165, 1.54) is 6.92 Å². The molecule has 1 aromatic rings. The van der Waals surface area contributed by atoms with Crippen molar-refractivity contribution >= 4 is 15.7 Å². The van der Waals surface area contributed by atoms with Crippen molar-refractivity contribution in [2.45, 2.75) is 11.8 Å². The van der Waals surface area contributed by atoms with E-state index in [-0.39, 0.29) is 22.7 Å². The van der Waals surface area contributed by atoms with Gasteiger partial charge in [0.25, 0.3) is 0 Å². The summed E-state index contributed by atoms with van der Waals surface area (Å²) in [6.07, 6.45) is 4.94. The lowest BCUT2D eigenvalue weighted by Crippen LogP contribution is -2.24. The summed E-state index contributed by atoms with van der Waals surface area (Å²) < 4.78 is 38.6. The zero-order valence-corrected chi connectivity index (χ0v) is 9.44. The molecule has 3 N–H and O–H groups in total. The number of aryl methyl sites for hydroxylation is 1. The van der Waals surface area contributed by atoms with Crippen LogP contribution in [-0.4, -0.2) is 15.0 Å². The van der Waals surface area contributed by atoms with Gasteiger partial charge >= 0.3 is 0 Å². The summed E-state index contributed by atoms with van der Waals surface area (Å²) in [5, 5.41) is 0. The predicted octanol–water partition coefficient (Wildman–Crippen LogP) is 0.628. The first-order valence-corrected chi connectivity index (χ1v) is 5.85. The number of terminal acetylenes is 1. The van der Waals surface area contributed by atoms with Crippen molar-refractivity contribution in [2.75, 3.05) is 12.3 Å². The topological polar surface area (TPSA) is 72.2 Å². The van der Waals surface area contributed by atoms with Crippen LogP contribution in [0.1, 0.15) is 5.56 Å². The van der Waals surface area contributed by atoms with Gasteiger partial charge in [-0.2, -0.15) is 4.72 Å². The standard InChI is InChI=1S/C10H11FN2O2S/c1-3-4-13-16(14,15)10-6-9(12)8(11)5-7(10)2/h1,5-6,13H,4,12H2,2H3. The Bertz CT molecular complexity index is 547. The van der Waals surface area contributed by atoms with E-state index in [0.29, 0.717) is 0 Å². The summed E-state index contributed by atoms with van der Waals surface area (Å²) in [4.78, 5) is -0.0679. The monoisotopic (exact) mass is 242 g/mol. The summed E-state index contributed by atoms with van der Waals surface area (Å²) in [7, 11) is -3.73. The van der Waals surface area contributed by atoms with Crippen LogP contribution in [0.4, 0.5) is 10.1 Å². The van der Waals surface area contributed by atoms with E-state index in [1.807, 2.05) is 0 Å². The Hall–Kier alpha value is -1.58. The first-order valence-electron chi connectivity index (χ1n) is 4.37. The van der Waals surface area contributed by atoms with Crippen molar-refractivity contribution in [3.8, 4) is 12.3 Å². The van der Waals surface area contributed by atoms with Crippen LogP contribution in [0.15, 0.2) is 17.0 Å². The summed E-state index contributed by atoms with van der Waals surface area (Å²) in [6, 6.07) is 2.14. The van der Waals surface area contributed by atoms with Crippen LogP contribution in [0.25, 0.3) is 0 Å². The molecule has 86 valence electrons. The van der Waals surface area contributed by atoms with Gasteiger partial charge in [0.1, 0.15) is 5.82 Å². The Kier molecular flexibility index (Phi) is 3.52. The number of anilines is 1. The van der Waals surface area contributed by atoms with E-state index in [2.05, 4.69) is 10.6 Å². The lowest BCUT2D eigenvalue weighted by atomic mass is 10.2. The van der Waals surface area contributed by atoms with Crippen LogP contribution in [0.3, 0.4) is 0 Å². The Labute approximate surface area is 93.7 Å². The molecular formula is C10H11FN2O2S. The fourth-order valence-corrected chi connectivity index (χ4v) is 2.37. The second-order valence-electron chi connectivity index (χ2n) is 3.17. The molecule has 0 heterocycles. The van der Waals surface area contributed by atoms with Gasteiger partial charge < -0.3 is 5.73 Å². The van der Waals surface area contributed by atoms with Crippen molar-refractivity contribution in [3.05, 3.63) is 23.5 Å². The highest BCUT2D eigenvalue weighted by molar-refractivity contribution is 7.89. The second kappa shape index (κ2) is 4.51. The highest BCUT2D eigenvalue weighted by Gasteiger charge is 2.17. The maximum Gasteiger partial charge on any atom is 0.241 e. The van der Waals surface area contributed by atoms with Crippen LogP contribution in [-0.2, 0) is 10.0 Å². The van der Waals surface area contributed by atoms with E-state index in [9.17, 15) is 12.8 Å². The van der Waals surface area contributed by atoms with Gasteiger partial charge in [0.15, 0.2) is 0 Å². The minimum absolute atomic E-state index is 0.0679. The first kappa shape index (κ1) is 12.5. The third-order valence-corrected chi connectivity index (χ3v) is 3.49. The lowest BCUT2D eigenvalue weighted by Gasteiger charge is -2.08. The predicted molar refractivity (Wildman–Crippen MR) is 59.6 cm³/mol. The lowest BCUT2D eigenvalue weighted by molar-refractivity contribution is 0.584. The average Bonchev–Trinajstić information content (AvgIpc) is 2.20. The molecule has 0 atom stereocenters. The number of sulfonamides is 1. The van der Waals surface area contributed by atoms with Crippen LogP contribution in [0.2, 0.25) is 0 Å². The fourth-order valence-electron chi connectivity index (χ4n) is 1.17. The summed E-state index contributed by atoms with van der Waals surface area (Å²) >= 11 is 0. The van der Waals surface area contributed by atoms with E-state index >= 15 is 0 Å². The van der Waals surface area contributed by atoms with Crippen LogP contribution >= 0.6 is 0 Å². The van der Waals surface area contributed by atoms with Crippen molar-refractivity contribution in [3.63, 3.8) is 0 Å². The number of benzene rings is 1. The molecule has 0 spiro atoms. The molecule has 4 nitrogen and oxygen atoms in total. The average molecular weight is 242 g/mol. The van der Waals surface area contributed by atoms with Gasteiger partial charge in [-0.15, -0.1) is 6.42 Å². The number of rotatable bonds is 3. The van der Waals surface area contributed by atoms with E-state index in [1.54, 1.807) is 0 Å². The molecule has 0 bridgehead atoms. The quantitative estimate of drug-likeness (QED) is 0.603. The fraction of sp³-hybridized carbons (Fsp3) is 0.200. The molecule has 0 saturated carbocycles. The molecule has 0 saturated heterocycles. The molecule has 6 heteroatoms. The molecule has 16 heavy (non-hydrogen) atoms. The molecule has 0 unspecified atom stereocenters. The highest BCUT2D eigenvalue weighted by Crippen LogP contribution is 2.21. The SMILES string of the molecule is C#CCNS(=O)(=O)c1cc(N)c(F)cc1C. The summed E-state index contributed by atoms with van der Waals surface area (Å²) in [5.74, 6) is 1.50. The zero-order chi connectivity index (χ0) is 12.3. The molecule has 0 aliphatic carbocycles. The summed E-state index contributed by atoms with van der Waals surface area (Å²) in [5.41, 5.74) is 5.37. The molecular weight excluding hydrogens is 231 g/mol. The van der Waals surface area contributed by atoms with Gasteiger partial charge in [0.2, 0.25) is 10.0 Å². The molecule has 0 radical (unpaired) electrons.